The SMILES string of the molecule is CCC(C)CC(P(=O)(O)O)P(=O)(O)O. The molecule has 0 radical (unpaired) electrons. The lowest BCUT2D eigenvalue weighted by Crippen LogP contribution is -2.13. The van der Waals surface area contributed by atoms with E-state index in [9.17, 15) is 9.13 Å². The Hall–Kier alpha value is 0.300. The van der Waals surface area contributed by atoms with Crippen LogP contribution >= 0.6 is 15.2 Å². The van der Waals surface area contributed by atoms with Crippen molar-refractivity contribution < 1.29 is 28.7 Å². The third-order valence-corrected chi connectivity index (χ3v) is 5.87. The first-order valence-electron chi connectivity index (χ1n) is 4.19. The van der Waals surface area contributed by atoms with Crippen molar-refractivity contribution in [3.05, 3.63) is 0 Å². The van der Waals surface area contributed by atoms with E-state index in [4.69, 9.17) is 19.6 Å². The van der Waals surface area contributed by atoms with Gasteiger partial charge in [0, 0.05) is 0 Å². The maximum atomic E-state index is 10.8. The fourth-order valence-corrected chi connectivity index (χ4v) is 3.83. The molecular weight excluding hydrogens is 230 g/mol. The van der Waals surface area contributed by atoms with Crippen molar-refractivity contribution in [2.24, 2.45) is 5.92 Å². The highest BCUT2D eigenvalue weighted by Gasteiger charge is 2.43. The van der Waals surface area contributed by atoms with Crippen molar-refractivity contribution in [1.82, 2.24) is 0 Å². The van der Waals surface area contributed by atoms with Crippen molar-refractivity contribution in [2.75, 3.05) is 0 Å². The summed E-state index contributed by atoms with van der Waals surface area (Å²) >= 11 is 0. The number of hydrogen-bond acceptors (Lipinski definition) is 2. The van der Waals surface area contributed by atoms with Crippen LogP contribution in [-0.4, -0.2) is 25.0 Å². The monoisotopic (exact) mass is 246 g/mol. The van der Waals surface area contributed by atoms with E-state index in [0.717, 1.165) is 0 Å². The third kappa shape index (κ3) is 4.69. The van der Waals surface area contributed by atoms with E-state index in [1.165, 1.54) is 0 Å². The van der Waals surface area contributed by atoms with Gasteiger partial charge in [-0.25, -0.2) is 0 Å². The normalized spacial score (nSPS) is 15.9. The van der Waals surface area contributed by atoms with E-state index in [-0.39, 0.29) is 12.3 Å². The number of rotatable bonds is 5. The molecule has 6 nitrogen and oxygen atoms in total. The smallest absolute Gasteiger partial charge is 0.324 e. The van der Waals surface area contributed by atoms with Gasteiger partial charge in [-0.1, -0.05) is 20.3 Å². The van der Waals surface area contributed by atoms with Gasteiger partial charge in [-0.2, -0.15) is 0 Å². The molecule has 14 heavy (non-hydrogen) atoms. The largest absolute Gasteiger partial charge is 0.340 e. The molecule has 0 aromatic heterocycles. The third-order valence-electron chi connectivity index (χ3n) is 2.09. The molecule has 0 aliphatic heterocycles. The van der Waals surface area contributed by atoms with E-state index in [2.05, 4.69) is 0 Å². The average Bonchev–Trinajstić information content (AvgIpc) is 1.95. The molecule has 0 bridgehead atoms. The van der Waals surface area contributed by atoms with Crippen LogP contribution in [0.3, 0.4) is 0 Å². The van der Waals surface area contributed by atoms with Crippen LogP contribution in [0.4, 0.5) is 0 Å². The Morgan fingerprint density at radius 3 is 1.64 bits per heavy atom. The highest BCUT2D eigenvalue weighted by molar-refractivity contribution is 7.70. The molecule has 4 N–H and O–H groups in total. The van der Waals surface area contributed by atoms with Crippen LogP contribution < -0.4 is 0 Å². The summed E-state index contributed by atoms with van der Waals surface area (Å²) in [6.07, 6.45) is 0.460. The van der Waals surface area contributed by atoms with E-state index in [0.29, 0.717) is 6.42 Å². The molecule has 1 unspecified atom stereocenters. The molecule has 86 valence electrons. The molecule has 0 aliphatic carbocycles. The standard InChI is InChI=1S/C6H16O6P2/c1-3-5(2)4-6(13(7,8)9)14(10,11)12/h5-6H,3-4H2,1-2H3,(H2,7,8,9)(H2,10,11,12). The summed E-state index contributed by atoms with van der Waals surface area (Å²) in [7, 11) is -9.46. The van der Waals surface area contributed by atoms with Crippen LogP contribution in [0, 0.1) is 5.92 Å². The summed E-state index contributed by atoms with van der Waals surface area (Å²) in [6, 6.07) is 0. The maximum Gasteiger partial charge on any atom is 0.340 e. The molecule has 0 amide bonds. The van der Waals surface area contributed by atoms with E-state index < -0.39 is 20.6 Å². The van der Waals surface area contributed by atoms with Crippen LogP contribution in [0.15, 0.2) is 0 Å². The van der Waals surface area contributed by atoms with Gasteiger partial charge in [0.15, 0.2) is 5.40 Å². The fourth-order valence-electron chi connectivity index (χ4n) is 0.997. The fraction of sp³-hybridized carbons (Fsp3) is 1.00. The molecule has 0 aliphatic rings. The lowest BCUT2D eigenvalue weighted by atomic mass is 10.1. The first kappa shape index (κ1) is 14.3. The van der Waals surface area contributed by atoms with Gasteiger partial charge < -0.3 is 19.6 Å². The molecular formula is C6H16O6P2. The predicted octanol–water partition coefficient (Wildman–Crippen LogP) is 1.10. The molecule has 0 fully saturated rings. The Balaban J connectivity index is 4.78. The molecule has 0 aromatic carbocycles. The Morgan fingerprint density at radius 2 is 1.43 bits per heavy atom. The molecule has 0 spiro atoms. The van der Waals surface area contributed by atoms with Gasteiger partial charge in [-0.15, -0.1) is 0 Å². The molecule has 1 atom stereocenters. The maximum absolute atomic E-state index is 10.8. The van der Waals surface area contributed by atoms with Crippen molar-refractivity contribution in [3.63, 3.8) is 0 Å². The van der Waals surface area contributed by atoms with Crippen molar-refractivity contribution in [1.29, 1.82) is 0 Å². The van der Waals surface area contributed by atoms with Gasteiger partial charge in [0.25, 0.3) is 0 Å². The highest BCUT2D eigenvalue weighted by atomic mass is 31.2. The van der Waals surface area contributed by atoms with Crippen LogP contribution in [0.2, 0.25) is 0 Å². The zero-order chi connectivity index (χ0) is 11.6. The molecule has 0 heterocycles. The van der Waals surface area contributed by atoms with Crippen LogP contribution in [0.5, 0.6) is 0 Å². The topological polar surface area (TPSA) is 115 Å². The van der Waals surface area contributed by atoms with E-state index in [1.807, 2.05) is 0 Å². The Bertz CT molecular complexity index is 243. The second kappa shape index (κ2) is 4.88. The van der Waals surface area contributed by atoms with Crippen LogP contribution in [0.1, 0.15) is 26.7 Å². The van der Waals surface area contributed by atoms with Gasteiger partial charge in [-0.3, -0.25) is 9.13 Å². The molecule has 0 aromatic rings. The zero-order valence-electron chi connectivity index (χ0n) is 8.07. The lowest BCUT2D eigenvalue weighted by molar-refractivity contribution is 0.326. The first-order valence-corrected chi connectivity index (χ1v) is 7.55. The summed E-state index contributed by atoms with van der Waals surface area (Å²) in [5.74, 6) is -0.125. The van der Waals surface area contributed by atoms with Crippen molar-refractivity contribution in [2.45, 2.75) is 32.1 Å². The Morgan fingerprint density at radius 1 is 1.07 bits per heavy atom. The Kier molecular flexibility index (Phi) is 4.99. The minimum absolute atomic E-state index is 0.125. The summed E-state index contributed by atoms with van der Waals surface area (Å²) in [6.45, 7) is 3.49. The summed E-state index contributed by atoms with van der Waals surface area (Å²) in [5, 5.41) is -1.86. The van der Waals surface area contributed by atoms with Gasteiger partial charge in [0.05, 0.1) is 0 Å². The molecule has 0 saturated carbocycles. The first-order chi connectivity index (χ1) is 6.09. The van der Waals surface area contributed by atoms with Crippen LogP contribution in [-0.2, 0) is 9.13 Å². The Labute approximate surface area is 82.7 Å². The van der Waals surface area contributed by atoms with Crippen molar-refractivity contribution >= 4 is 15.2 Å². The zero-order valence-corrected chi connectivity index (χ0v) is 9.86. The summed E-state index contributed by atoms with van der Waals surface area (Å²) < 4.78 is 21.7. The second-order valence-electron chi connectivity index (χ2n) is 3.41. The molecule has 8 heteroatoms. The van der Waals surface area contributed by atoms with E-state index >= 15 is 0 Å². The average molecular weight is 246 g/mol. The van der Waals surface area contributed by atoms with Crippen molar-refractivity contribution in [3.8, 4) is 0 Å². The van der Waals surface area contributed by atoms with Gasteiger partial charge in [-0.05, 0) is 12.3 Å². The molecule has 0 saturated heterocycles. The van der Waals surface area contributed by atoms with Crippen LogP contribution in [0.25, 0.3) is 0 Å². The quantitative estimate of drug-likeness (QED) is 0.540. The second-order valence-corrected chi connectivity index (χ2v) is 7.42. The van der Waals surface area contributed by atoms with Gasteiger partial charge in [0.2, 0.25) is 0 Å². The lowest BCUT2D eigenvalue weighted by Gasteiger charge is -2.21. The van der Waals surface area contributed by atoms with Gasteiger partial charge >= 0.3 is 15.2 Å². The number of hydrogen-bond donors (Lipinski definition) is 4. The van der Waals surface area contributed by atoms with E-state index in [1.54, 1.807) is 13.8 Å². The predicted molar refractivity (Wildman–Crippen MR) is 51.9 cm³/mol. The summed E-state index contributed by atoms with van der Waals surface area (Å²) in [5.41, 5.74) is 0. The minimum atomic E-state index is -4.73. The summed E-state index contributed by atoms with van der Waals surface area (Å²) in [4.78, 5) is 35.1. The minimum Gasteiger partial charge on any atom is -0.324 e. The highest BCUT2D eigenvalue weighted by Crippen LogP contribution is 2.62. The van der Waals surface area contributed by atoms with Gasteiger partial charge in [0.1, 0.15) is 0 Å². The molecule has 0 rings (SSSR count).